The maximum atomic E-state index is 14.1. The fourth-order valence-electron chi connectivity index (χ4n) is 6.18. The van der Waals surface area contributed by atoms with E-state index < -0.39 is 35.6 Å². The van der Waals surface area contributed by atoms with Gasteiger partial charge in [0.05, 0.1) is 24.5 Å². The van der Waals surface area contributed by atoms with E-state index in [0.29, 0.717) is 51.7 Å². The summed E-state index contributed by atoms with van der Waals surface area (Å²) in [6, 6.07) is -0.755. The van der Waals surface area contributed by atoms with E-state index in [1.54, 1.807) is 22.0 Å². The number of amides is 2. The Hall–Kier alpha value is -2.19. The number of esters is 1. The van der Waals surface area contributed by atoms with Crippen molar-refractivity contribution in [3.05, 3.63) is 25.3 Å². The van der Waals surface area contributed by atoms with Crippen LogP contribution in [0.5, 0.6) is 0 Å². The van der Waals surface area contributed by atoms with Gasteiger partial charge in [-0.05, 0) is 51.4 Å². The number of ether oxygens (including phenoxy) is 2. The molecule has 0 radical (unpaired) electrons. The lowest BCUT2D eigenvalue weighted by molar-refractivity contribution is -0.155. The van der Waals surface area contributed by atoms with Gasteiger partial charge in [-0.3, -0.25) is 14.4 Å². The molecule has 0 aliphatic carbocycles. The number of rotatable bonds is 17. The number of aliphatic hydroxyl groups is 1. The monoisotopic (exact) mass is 504 g/mol. The first-order valence-corrected chi connectivity index (χ1v) is 13.7. The molecule has 3 fully saturated rings. The smallest absolute Gasteiger partial charge is 0.312 e. The third kappa shape index (κ3) is 5.70. The van der Waals surface area contributed by atoms with Crippen LogP contribution in [0.3, 0.4) is 0 Å². The standard InChI is InChI=1S/C28H44N2O6/c1-4-7-10-17-29(16-6-3)26(33)24-28-15-14-21(36-28)22(27(34)35-20-13-8-5-2)23(28)25(32)30(24)18-11-9-12-19-31/h5-6,21-24,31H,2-4,7-20H2,1H3/t21-,22+,23-,24?,28?/m0/s1. The molecule has 0 aromatic heterocycles. The van der Waals surface area contributed by atoms with E-state index >= 15 is 0 Å². The van der Waals surface area contributed by atoms with E-state index in [1.807, 2.05) is 0 Å². The van der Waals surface area contributed by atoms with Gasteiger partial charge in [-0.1, -0.05) is 31.9 Å². The molecule has 0 aromatic carbocycles. The maximum Gasteiger partial charge on any atom is 0.312 e. The van der Waals surface area contributed by atoms with E-state index in [0.717, 1.165) is 32.1 Å². The van der Waals surface area contributed by atoms with Gasteiger partial charge in [-0.25, -0.2) is 0 Å². The second-order valence-corrected chi connectivity index (χ2v) is 10.3. The van der Waals surface area contributed by atoms with Crippen molar-refractivity contribution in [2.45, 2.75) is 88.9 Å². The van der Waals surface area contributed by atoms with Gasteiger partial charge in [0.15, 0.2) is 0 Å². The summed E-state index contributed by atoms with van der Waals surface area (Å²) in [6.07, 6.45) is 10.8. The summed E-state index contributed by atoms with van der Waals surface area (Å²) >= 11 is 0. The number of nitrogens with zero attached hydrogens (tertiary/aromatic N) is 2. The number of allylic oxidation sites excluding steroid dienone is 1. The molecule has 8 heteroatoms. The molecular formula is C28H44N2O6. The minimum Gasteiger partial charge on any atom is -0.465 e. The average molecular weight is 505 g/mol. The fourth-order valence-corrected chi connectivity index (χ4v) is 6.18. The van der Waals surface area contributed by atoms with Gasteiger partial charge in [0.2, 0.25) is 11.8 Å². The topological polar surface area (TPSA) is 96.4 Å². The summed E-state index contributed by atoms with van der Waals surface area (Å²) in [5, 5.41) is 9.17. The van der Waals surface area contributed by atoms with Crippen molar-refractivity contribution < 1.29 is 29.0 Å². The number of likely N-dealkylation sites (tertiary alicyclic amines) is 1. The van der Waals surface area contributed by atoms with Gasteiger partial charge in [-0.15, -0.1) is 13.2 Å². The highest BCUT2D eigenvalue weighted by atomic mass is 16.6. The highest BCUT2D eigenvalue weighted by molar-refractivity contribution is 5.98. The van der Waals surface area contributed by atoms with Crippen LogP contribution in [0.1, 0.15) is 71.1 Å². The van der Waals surface area contributed by atoms with Crippen molar-refractivity contribution in [1.82, 2.24) is 9.80 Å². The Balaban J connectivity index is 1.87. The van der Waals surface area contributed by atoms with E-state index in [-0.39, 0.29) is 25.0 Å². The molecule has 3 heterocycles. The van der Waals surface area contributed by atoms with Gasteiger partial charge in [0.1, 0.15) is 11.6 Å². The van der Waals surface area contributed by atoms with Crippen LogP contribution >= 0.6 is 0 Å². The predicted molar refractivity (Wildman–Crippen MR) is 137 cm³/mol. The van der Waals surface area contributed by atoms with Crippen LogP contribution < -0.4 is 0 Å². The number of unbranched alkanes of at least 4 members (excludes halogenated alkanes) is 5. The molecule has 3 rings (SSSR count). The first kappa shape index (κ1) is 28.4. The third-order valence-electron chi connectivity index (χ3n) is 7.85. The Morgan fingerprint density at radius 3 is 2.69 bits per heavy atom. The van der Waals surface area contributed by atoms with Gasteiger partial charge in [-0.2, -0.15) is 0 Å². The Morgan fingerprint density at radius 1 is 1.19 bits per heavy atom. The van der Waals surface area contributed by atoms with Crippen molar-refractivity contribution in [2.24, 2.45) is 11.8 Å². The van der Waals surface area contributed by atoms with Crippen LogP contribution in [0.4, 0.5) is 0 Å². The molecule has 1 N–H and O–H groups in total. The molecule has 202 valence electrons. The summed E-state index contributed by atoms with van der Waals surface area (Å²) in [6.45, 7) is 11.4. The van der Waals surface area contributed by atoms with E-state index in [2.05, 4.69) is 20.1 Å². The molecule has 2 bridgehead atoms. The molecule has 3 saturated heterocycles. The van der Waals surface area contributed by atoms with Crippen LogP contribution in [0, 0.1) is 11.8 Å². The second kappa shape index (κ2) is 13.4. The van der Waals surface area contributed by atoms with Crippen molar-refractivity contribution in [2.75, 3.05) is 32.8 Å². The Bertz CT molecular complexity index is 801. The molecule has 2 amide bonds. The number of aliphatic hydroxyl groups excluding tert-OH is 1. The number of hydrogen-bond acceptors (Lipinski definition) is 6. The molecule has 2 unspecified atom stereocenters. The Labute approximate surface area is 215 Å². The van der Waals surface area contributed by atoms with Crippen LogP contribution in [0.15, 0.2) is 25.3 Å². The molecule has 5 atom stereocenters. The Kier molecular flexibility index (Phi) is 10.5. The van der Waals surface area contributed by atoms with Gasteiger partial charge >= 0.3 is 5.97 Å². The number of carbonyl (C=O) groups excluding carboxylic acids is 3. The lowest BCUT2D eigenvalue weighted by atomic mass is 9.70. The Morgan fingerprint density at radius 2 is 2.00 bits per heavy atom. The first-order valence-electron chi connectivity index (χ1n) is 13.7. The number of carbonyl (C=O) groups is 3. The zero-order valence-corrected chi connectivity index (χ0v) is 21.9. The van der Waals surface area contributed by atoms with E-state index in [4.69, 9.17) is 9.47 Å². The fraction of sp³-hybridized carbons (Fsp3) is 0.750. The summed E-state index contributed by atoms with van der Waals surface area (Å²) in [5.41, 5.74) is -0.995. The number of hydrogen-bond donors (Lipinski definition) is 1. The largest absolute Gasteiger partial charge is 0.465 e. The SMILES string of the molecule is C=CCCCOC(=O)[C@@H]1[C@@H]2CCC3(O2)C(C(=O)N(CC=C)CCCCC)N(CCCCCO)C(=O)[C@H]13. The normalized spacial score (nSPS) is 28.3. The zero-order chi connectivity index (χ0) is 26.1. The minimum absolute atomic E-state index is 0.0952. The summed E-state index contributed by atoms with van der Waals surface area (Å²) in [5.74, 6) is -2.08. The van der Waals surface area contributed by atoms with Crippen LogP contribution in [-0.2, 0) is 23.9 Å². The molecule has 1 spiro atoms. The zero-order valence-electron chi connectivity index (χ0n) is 21.9. The van der Waals surface area contributed by atoms with Gasteiger partial charge in [0.25, 0.3) is 0 Å². The highest BCUT2D eigenvalue weighted by Gasteiger charge is 2.74. The average Bonchev–Trinajstić information content (AvgIpc) is 3.51. The van der Waals surface area contributed by atoms with Gasteiger partial charge < -0.3 is 24.4 Å². The lowest BCUT2D eigenvalue weighted by Crippen LogP contribution is -2.56. The van der Waals surface area contributed by atoms with Crippen molar-refractivity contribution in [1.29, 1.82) is 0 Å². The highest BCUT2D eigenvalue weighted by Crippen LogP contribution is 2.58. The molecule has 3 aliphatic rings. The van der Waals surface area contributed by atoms with Crippen LogP contribution in [0.25, 0.3) is 0 Å². The van der Waals surface area contributed by atoms with Crippen LogP contribution in [-0.4, -0.2) is 83.3 Å². The number of fused-ring (bicyclic) bond motifs is 1. The van der Waals surface area contributed by atoms with Crippen molar-refractivity contribution >= 4 is 17.8 Å². The predicted octanol–water partition coefficient (Wildman–Crippen LogP) is 3.24. The maximum absolute atomic E-state index is 14.1. The van der Waals surface area contributed by atoms with E-state index in [9.17, 15) is 19.5 Å². The van der Waals surface area contributed by atoms with Gasteiger partial charge in [0, 0.05) is 26.2 Å². The summed E-state index contributed by atoms with van der Waals surface area (Å²) in [7, 11) is 0. The lowest BCUT2D eigenvalue weighted by Gasteiger charge is -2.36. The first-order chi connectivity index (χ1) is 17.5. The molecular weight excluding hydrogens is 460 g/mol. The molecule has 0 aromatic rings. The summed E-state index contributed by atoms with van der Waals surface area (Å²) < 4.78 is 12.0. The van der Waals surface area contributed by atoms with Crippen molar-refractivity contribution in [3.8, 4) is 0 Å². The van der Waals surface area contributed by atoms with Crippen LogP contribution in [0.2, 0.25) is 0 Å². The minimum atomic E-state index is -0.995. The summed E-state index contributed by atoms with van der Waals surface area (Å²) in [4.78, 5) is 44.5. The third-order valence-corrected chi connectivity index (χ3v) is 7.85. The van der Waals surface area contributed by atoms with E-state index in [1.165, 1.54) is 0 Å². The van der Waals surface area contributed by atoms with Crippen molar-refractivity contribution in [3.63, 3.8) is 0 Å². The molecule has 0 saturated carbocycles. The quantitative estimate of drug-likeness (QED) is 0.186. The molecule has 3 aliphatic heterocycles. The molecule has 8 nitrogen and oxygen atoms in total. The molecule has 36 heavy (non-hydrogen) atoms. The second-order valence-electron chi connectivity index (χ2n) is 10.3.